The van der Waals surface area contributed by atoms with Gasteiger partial charge in [-0.1, -0.05) is 29.8 Å². The van der Waals surface area contributed by atoms with Gasteiger partial charge in [-0.2, -0.15) is 5.10 Å². The van der Waals surface area contributed by atoms with Crippen LogP contribution in [0.5, 0.6) is 0 Å². The summed E-state index contributed by atoms with van der Waals surface area (Å²) >= 11 is 6.07. The van der Waals surface area contributed by atoms with Gasteiger partial charge in [-0.25, -0.2) is 0 Å². The number of hydrogen-bond donors (Lipinski definition) is 2. The molecule has 0 spiro atoms. The van der Waals surface area contributed by atoms with Crippen molar-refractivity contribution in [3.05, 3.63) is 53.3 Å². The highest BCUT2D eigenvalue weighted by Crippen LogP contribution is 2.14. The van der Waals surface area contributed by atoms with Gasteiger partial charge in [-0.05, 0) is 31.5 Å². The molecule has 6 heteroatoms. The summed E-state index contributed by atoms with van der Waals surface area (Å²) < 4.78 is 1.91. The van der Waals surface area contributed by atoms with Crippen LogP contribution >= 0.6 is 11.6 Å². The summed E-state index contributed by atoms with van der Waals surface area (Å²) in [5.41, 5.74) is 0.927. The summed E-state index contributed by atoms with van der Waals surface area (Å²) in [6.07, 6.45) is 4.14. The van der Waals surface area contributed by atoms with E-state index in [-0.39, 0.29) is 18.0 Å². The van der Waals surface area contributed by atoms with Crippen LogP contribution in [0.3, 0.4) is 0 Å². The topological polar surface area (TPSA) is 59.0 Å². The van der Waals surface area contributed by atoms with E-state index in [2.05, 4.69) is 29.6 Å². The van der Waals surface area contributed by atoms with E-state index in [9.17, 15) is 4.79 Å². The van der Waals surface area contributed by atoms with E-state index in [4.69, 9.17) is 11.6 Å². The largest absolute Gasteiger partial charge is 0.352 e. The van der Waals surface area contributed by atoms with Crippen molar-refractivity contribution in [3.63, 3.8) is 0 Å². The Morgan fingerprint density at radius 1 is 1.30 bits per heavy atom. The second-order valence-corrected chi connectivity index (χ2v) is 5.99. The molecule has 0 aliphatic rings. The zero-order chi connectivity index (χ0) is 16.7. The Morgan fingerprint density at radius 2 is 2.09 bits per heavy atom. The van der Waals surface area contributed by atoms with Gasteiger partial charge in [-0.3, -0.25) is 9.48 Å². The number of amides is 1. The molecule has 124 valence electrons. The van der Waals surface area contributed by atoms with Crippen molar-refractivity contribution >= 4 is 17.5 Å². The molecule has 0 fully saturated rings. The summed E-state index contributed by atoms with van der Waals surface area (Å²) in [6, 6.07) is 9.89. The zero-order valence-corrected chi connectivity index (χ0v) is 14.3. The molecule has 1 heterocycles. The van der Waals surface area contributed by atoms with E-state index in [0.717, 1.165) is 5.56 Å². The van der Waals surface area contributed by atoms with Crippen molar-refractivity contribution in [2.75, 3.05) is 6.54 Å². The number of nitrogens with one attached hydrogen (secondary N) is 2. The smallest absolute Gasteiger partial charge is 0.221 e. The number of rotatable bonds is 8. The molecule has 2 unspecified atom stereocenters. The first-order chi connectivity index (χ1) is 11.1. The summed E-state index contributed by atoms with van der Waals surface area (Å²) in [5.74, 6) is 0.0105. The minimum atomic E-state index is 0.0105. The van der Waals surface area contributed by atoms with Gasteiger partial charge in [0.05, 0.1) is 6.04 Å². The molecule has 2 rings (SSSR count). The minimum Gasteiger partial charge on any atom is -0.352 e. The van der Waals surface area contributed by atoms with Gasteiger partial charge < -0.3 is 10.6 Å². The number of aromatic nitrogens is 2. The fourth-order valence-electron chi connectivity index (χ4n) is 2.26. The maximum Gasteiger partial charge on any atom is 0.221 e. The first kappa shape index (κ1) is 17.5. The zero-order valence-electron chi connectivity index (χ0n) is 13.5. The van der Waals surface area contributed by atoms with Gasteiger partial charge in [0, 0.05) is 43.0 Å². The van der Waals surface area contributed by atoms with E-state index < -0.39 is 0 Å². The molecular formula is C17H23ClN4O. The molecule has 0 saturated heterocycles. The number of benzene rings is 1. The van der Waals surface area contributed by atoms with Crippen molar-refractivity contribution in [2.24, 2.45) is 0 Å². The first-order valence-corrected chi connectivity index (χ1v) is 8.18. The number of hydrogen-bond acceptors (Lipinski definition) is 3. The van der Waals surface area contributed by atoms with Crippen LogP contribution in [0.25, 0.3) is 0 Å². The maximum atomic E-state index is 11.9. The SMILES string of the molecule is CC(NCCC(=O)NCc1ccccc1Cl)C(C)n1cccn1. The normalized spacial score (nSPS) is 13.5. The maximum absolute atomic E-state index is 11.9. The first-order valence-electron chi connectivity index (χ1n) is 7.80. The molecule has 0 radical (unpaired) electrons. The van der Waals surface area contributed by atoms with Gasteiger partial charge in [0.15, 0.2) is 0 Å². The van der Waals surface area contributed by atoms with Crippen LogP contribution in [-0.4, -0.2) is 28.3 Å². The highest BCUT2D eigenvalue weighted by Gasteiger charge is 2.13. The quantitative estimate of drug-likeness (QED) is 0.780. The van der Waals surface area contributed by atoms with Crippen molar-refractivity contribution < 1.29 is 4.79 Å². The summed E-state index contributed by atoms with van der Waals surface area (Å²) in [7, 11) is 0. The predicted octanol–water partition coefficient (Wildman–Crippen LogP) is 2.78. The Labute approximate surface area is 142 Å². The molecule has 5 nitrogen and oxygen atoms in total. The van der Waals surface area contributed by atoms with Gasteiger partial charge in [0.1, 0.15) is 0 Å². The Kier molecular flexibility index (Phi) is 6.62. The van der Waals surface area contributed by atoms with E-state index in [0.29, 0.717) is 24.5 Å². The van der Waals surface area contributed by atoms with E-state index in [1.165, 1.54) is 0 Å². The minimum absolute atomic E-state index is 0.0105. The Hall–Kier alpha value is -1.85. The van der Waals surface area contributed by atoms with E-state index >= 15 is 0 Å². The highest BCUT2D eigenvalue weighted by atomic mass is 35.5. The standard InChI is InChI=1S/C17H23ClN4O/c1-13(14(2)22-11-5-9-21-22)19-10-8-17(23)20-12-15-6-3-4-7-16(15)18/h3-7,9,11,13-14,19H,8,10,12H2,1-2H3,(H,20,23). The molecule has 2 aromatic rings. The molecular weight excluding hydrogens is 312 g/mol. The number of halogens is 1. The van der Waals surface area contributed by atoms with Crippen LogP contribution in [-0.2, 0) is 11.3 Å². The highest BCUT2D eigenvalue weighted by molar-refractivity contribution is 6.31. The molecule has 1 aromatic carbocycles. The third kappa shape index (κ3) is 5.37. The molecule has 0 saturated carbocycles. The molecule has 0 bridgehead atoms. The predicted molar refractivity (Wildman–Crippen MR) is 92.3 cm³/mol. The van der Waals surface area contributed by atoms with Crippen molar-refractivity contribution in [1.82, 2.24) is 20.4 Å². The fourth-order valence-corrected chi connectivity index (χ4v) is 2.46. The summed E-state index contributed by atoms with van der Waals surface area (Å²) in [6.45, 7) is 5.27. The van der Waals surface area contributed by atoms with Crippen LogP contribution in [0.4, 0.5) is 0 Å². The molecule has 1 aromatic heterocycles. The molecule has 0 aliphatic carbocycles. The van der Waals surface area contributed by atoms with Crippen LogP contribution < -0.4 is 10.6 Å². The Balaban J connectivity index is 1.67. The number of nitrogens with zero attached hydrogens (tertiary/aromatic N) is 2. The van der Waals surface area contributed by atoms with Gasteiger partial charge in [0.25, 0.3) is 0 Å². The fraction of sp³-hybridized carbons (Fsp3) is 0.412. The van der Waals surface area contributed by atoms with Crippen LogP contribution in [0.1, 0.15) is 31.9 Å². The second kappa shape index (κ2) is 8.70. The lowest BCUT2D eigenvalue weighted by atomic mass is 10.1. The number of carbonyl (C=O) groups excluding carboxylic acids is 1. The van der Waals surface area contributed by atoms with Crippen LogP contribution in [0.15, 0.2) is 42.7 Å². The average Bonchev–Trinajstić information content (AvgIpc) is 3.07. The second-order valence-electron chi connectivity index (χ2n) is 5.59. The molecule has 2 N–H and O–H groups in total. The van der Waals surface area contributed by atoms with Gasteiger partial charge in [-0.15, -0.1) is 0 Å². The van der Waals surface area contributed by atoms with Gasteiger partial charge >= 0.3 is 0 Å². The lowest BCUT2D eigenvalue weighted by Gasteiger charge is -2.21. The Bertz CT molecular complexity index is 615. The van der Waals surface area contributed by atoms with Crippen LogP contribution in [0.2, 0.25) is 5.02 Å². The molecule has 0 aliphatic heterocycles. The molecule has 1 amide bonds. The molecule has 23 heavy (non-hydrogen) atoms. The third-order valence-corrected chi connectivity index (χ3v) is 4.29. The molecule has 2 atom stereocenters. The Morgan fingerprint density at radius 3 is 2.78 bits per heavy atom. The third-order valence-electron chi connectivity index (χ3n) is 3.92. The average molecular weight is 335 g/mol. The lowest BCUT2D eigenvalue weighted by molar-refractivity contribution is -0.121. The van der Waals surface area contributed by atoms with Crippen molar-refractivity contribution in [3.8, 4) is 0 Å². The van der Waals surface area contributed by atoms with Crippen molar-refractivity contribution in [2.45, 2.75) is 38.9 Å². The number of carbonyl (C=O) groups is 1. The van der Waals surface area contributed by atoms with E-state index in [1.54, 1.807) is 6.20 Å². The van der Waals surface area contributed by atoms with E-state index in [1.807, 2.05) is 41.2 Å². The summed E-state index contributed by atoms with van der Waals surface area (Å²) in [4.78, 5) is 11.9. The van der Waals surface area contributed by atoms with Gasteiger partial charge in [0.2, 0.25) is 5.91 Å². The lowest BCUT2D eigenvalue weighted by Crippen LogP contribution is -2.36. The van der Waals surface area contributed by atoms with Crippen LogP contribution in [0, 0.1) is 0 Å². The monoisotopic (exact) mass is 334 g/mol. The van der Waals surface area contributed by atoms with Crippen molar-refractivity contribution in [1.29, 1.82) is 0 Å². The summed E-state index contributed by atoms with van der Waals surface area (Å²) in [5, 5.41) is 11.2.